The third-order valence-corrected chi connectivity index (χ3v) is 2.35. The molecule has 0 spiro atoms. The number of rotatable bonds is 5. The number of aromatic nitrogens is 3. The molecule has 9 heteroatoms. The van der Waals surface area contributed by atoms with E-state index in [9.17, 15) is 18.9 Å². The molecule has 7 nitrogen and oxygen atoms in total. The van der Waals surface area contributed by atoms with Gasteiger partial charge in [0.1, 0.15) is 17.8 Å². The summed E-state index contributed by atoms with van der Waals surface area (Å²) >= 11 is 0. The Kier molecular flexibility index (Phi) is 3.64. The molecule has 0 fully saturated rings. The summed E-state index contributed by atoms with van der Waals surface area (Å²) in [4.78, 5) is 17.4. The molecule has 0 saturated carbocycles. The number of alkyl halides is 2. The third-order valence-electron chi connectivity index (χ3n) is 2.35. The van der Waals surface area contributed by atoms with Gasteiger partial charge in [0.2, 0.25) is 0 Å². The standard InChI is InChI=1S/C10H9F2N5O2/c11-10(12)16-4-3-13-9(16)6-15-8-2-1-7(5-14-8)17(18)19/h1-5,10H,6H2,(H,14,15). The highest BCUT2D eigenvalue weighted by Gasteiger charge is 2.11. The van der Waals surface area contributed by atoms with Gasteiger partial charge in [-0.05, 0) is 6.07 Å². The minimum atomic E-state index is -2.66. The van der Waals surface area contributed by atoms with E-state index in [1.807, 2.05) is 0 Å². The van der Waals surface area contributed by atoms with Gasteiger partial charge in [-0.3, -0.25) is 14.7 Å². The fourth-order valence-corrected chi connectivity index (χ4v) is 1.43. The van der Waals surface area contributed by atoms with Crippen molar-refractivity contribution in [3.8, 4) is 0 Å². The topological polar surface area (TPSA) is 85.9 Å². The normalized spacial score (nSPS) is 10.7. The zero-order valence-corrected chi connectivity index (χ0v) is 9.53. The first-order valence-electron chi connectivity index (χ1n) is 5.22. The van der Waals surface area contributed by atoms with Crippen molar-refractivity contribution in [1.29, 1.82) is 0 Å². The molecular weight excluding hydrogens is 260 g/mol. The highest BCUT2D eigenvalue weighted by molar-refractivity contribution is 5.40. The van der Waals surface area contributed by atoms with E-state index >= 15 is 0 Å². The van der Waals surface area contributed by atoms with Crippen LogP contribution in [0.3, 0.4) is 0 Å². The van der Waals surface area contributed by atoms with E-state index in [4.69, 9.17) is 0 Å². The van der Waals surface area contributed by atoms with Gasteiger partial charge in [0.25, 0.3) is 5.69 Å². The van der Waals surface area contributed by atoms with E-state index in [0.29, 0.717) is 5.82 Å². The summed E-state index contributed by atoms with van der Waals surface area (Å²) in [5.41, 5.74) is -0.139. The molecule has 0 aromatic carbocycles. The largest absolute Gasteiger partial charge is 0.363 e. The monoisotopic (exact) mass is 269 g/mol. The molecule has 19 heavy (non-hydrogen) atoms. The van der Waals surface area contributed by atoms with Crippen molar-refractivity contribution in [3.05, 3.63) is 46.7 Å². The van der Waals surface area contributed by atoms with Crippen molar-refractivity contribution in [2.45, 2.75) is 13.1 Å². The van der Waals surface area contributed by atoms with Crippen molar-refractivity contribution < 1.29 is 13.7 Å². The van der Waals surface area contributed by atoms with E-state index in [1.54, 1.807) is 0 Å². The summed E-state index contributed by atoms with van der Waals surface area (Å²) in [5.74, 6) is 0.490. The Labute approximate surface area is 106 Å². The maximum atomic E-state index is 12.5. The Hall–Kier alpha value is -2.58. The Bertz CT molecular complexity index is 570. The van der Waals surface area contributed by atoms with Gasteiger partial charge in [-0.1, -0.05) is 0 Å². The van der Waals surface area contributed by atoms with Gasteiger partial charge >= 0.3 is 6.55 Å². The lowest BCUT2D eigenvalue weighted by atomic mass is 10.4. The van der Waals surface area contributed by atoms with Crippen LogP contribution in [0.2, 0.25) is 0 Å². The van der Waals surface area contributed by atoms with Crippen LogP contribution in [0, 0.1) is 10.1 Å². The number of hydrogen-bond acceptors (Lipinski definition) is 5. The van der Waals surface area contributed by atoms with Crippen LogP contribution in [-0.2, 0) is 6.54 Å². The molecule has 2 heterocycles. The first-order valence-corrected chi connectivity index (χ1v) is 5.22. The van der Waals surface area contributed by atoms with Crippen LogP contribution in [0.4, 0.5) is 20.3 Å². The minimum absolute atomic E-state index is 0.0438. The molecule has 2 aromatic heterocycles. The Morgan fingerprint density at radius 1 is 1.42 bits per heavy atom. The summed E-state index contributed by atoms with van der Waals surface area (Å²) < 4.78 is 25.8. The van der Waals surface area contributed by atoms with Crippen LogP contribution in [0.1, 0.15) is 12.4 Å². The smallest absolute Gasteiger partial charge is 0.319 e. The molecule has 0 bridgehead atoms. The lowest BCUT2D eigenvalue weighted by Gasteiger charge is -2.07. The van der Waals surface area contributed by atoms with Gasteiger partial charge < -0.3 is 5.32 Å². The molecule has 2 rings (SSSR count). The van der Waals surface area contributed by atoms with Gasteiger partial charge in [0, 0.05) is 18.5 Å². The van der Waals surface area contributed by atoms with Gasteiger partial charge in [0.05, 0.1) is 11.5 Å². The molecule has 2 aromatic rings. The van der Waals surface area contributed by atoms with Crippen molar-refractivity contribution in [2.75, 3.05) is 5.32 Å². The number of nitrogens with zero attached hydrogens (tertiary/aromatic N) is 4. The predicted molar refractivity (Wildman–Crippen MR) is 61.7 cm³/mol. The molecule has 100 valence electrons. The van der Waals surface area contributed by atoms with Crippen molar-refractivity contribution in [2.24, 2.45) is 0 Å². The second-order valence-electron chi connectivity index (χ2n) is 3.54. The molecule has 0 atom stereocenters. The SMILES string of the molecule is O=[N+]([O-])c1ccc(NCc2nccn2C(F)F)nc1. The molecule has 0 amide bonds. The average Bonchev–Trinajstić information content (AvgIpc) is 2.85. The molecule has 0 unspecified atom stereocenters. The molecule has 1 N–H and O–H groups in total. The van der Waals surface area contributed by atoms with E-state index < -0.39 is 11.5 Å². The maximum absolute atomic E-state index is 12.5. The van der Waals surface area contributed by atoms with Crippen LogP contribution in [0.15, 0.2) is 30.7 Å². The molecule has 0 aliphatic rings. The lowest BCUT2D eigenvalue weighted by molar-refractivity contribution is -0.385. The maximum Gasteiger partial charge on any atom is 0.319 e. The third kappa shape index (κ3) is 3.00. The summed E-state index contributed by atoms with van der Waals surface area (Å²) in [7, 11) is 0. The first-order chi connectivity index (χ1) is 9.08. The Morgan fingerprint density at radius 3 is 2.79 bits per heavy atom. The second-order valence-corrected chi connectivity index (χ2v) is 3.54. The number of imidazole rings is 1. The van der Waals surface area contributed by atoms with E-state index in [1.165, 1.54) is 24.5 Å². The summed E-state index contributed by atoms with van der Waals surface area (Å²) in [6.45, 7) is -2.62. The Morgan fingerprint density at radius 2 is 2.21 bits per heavy atom. The highest BCUT2D eigenvalue weighted by atomic mass is 19.3. The lowest BCUT2D eigenvalue weighted by Crippen LogP contribution is -2.09. The summed E-state index contributed by atoms with van der Waals surface area (Å²) in [5, 5.41) is 13.2. The number of halogens is 2. The van der Waals surface area contributed by atoms with Crippen molar-refractivity contribution >= 4 is 11.5 Å². The van der Waals surface area contributed by atoms with Crippen LogP contribution < -0.4 is 5.32 Å². The Balaban J connectivity index is 2.02. The van der Waals surface area contributed by atoms with Crippen LogP contribution >= 0.6 is 0 Å². The van der Waals surface area contributed by atoms with Gasteiger partial charge in [-0.15, -0.1) is 0 Å². The first kappa shape index (κ1) is 12.9. The number of pyridine rings is 1. The quantitative estimate of drug-likeness (QED) is 0.664. The average molecular weight is 269 g/mol. The zero-order valence-electron chi connectivity index (χ0n) is 9.53. The van der Waals surface area contributed by atoms with Crippen molar-refractivity contribution in [1.82, 2.24) is 14.5 Å². The van der Waals surface area contributed by atoms with E-state index in [-0.39, 0.29) is 18.1 Å². The number of hydrogen-bond donors (Lipinski definition) is 1. The van der Waals surface area contributed by atoms with Crippen LogP contribution in [0.25, 0.3) is 0 Å². The van der Waals surface area contributed by atoms with Crippen LogP contribution in [0.5, 0.6) is 0 Å². The highest BCUT2D eigenvalue weighted by Crippen LogP contribution is 2.15. The molecule has 0 aliphatic heterocycles. The number of nitrogens with one attached hydrogen (secondary N) is 1. The molecular formula is C10H9F2N5O2. The zero-order chi connectivity index (χ0) is 13.8. The van der Waals surface area contributed by atoms with Gasteiger partial charge in [-0.2, -0.15) is 8.78 Å². The molecule has 0 saturated heterocycles. The number of anilines is 1. The fraction of sp³-hybridized carbons (Fsp3) is 0.200. The number of nitro groups is 1. The van der Waals surface area contributed by atoms with E-state index in [0.717, 1.165) is 10.8 Å². The molecule has 0 aliphatic carbocycles. The van der Waals surface area contributed by atoms with Gasteiger partial charge in [-0.25, -0.2) is 9.97 Å². The summed E-state index contributed by atoms with van der Waals surface area (Å²) in [6.07, 6.45) is 3.53. The second kappa shape index (κ2) is 5.38. The van der Waals surface area contributed by atoms with Crippen LogP contribution in [-0.4, -0.2) is 19.5 Å². The van der Waals surface area contributed by atoms with E-state index in [2.05, 4.69) is 15.3 Å². The summed E-state index contributed by atoms with van der Waals surface area (Å²) in [6, 6.07) is 2.67. The minimum Gasteiger partial charge on any atom is -0.363 e. The molecule has 0 radical (unpaired) electrons. The van der Waals surface area contributed by atoms with Crippen molar-refractivity contribution in [3.63, 3.8) is 0 Å². The fourth-order valence-electron chi connectivity index (χ4n) is 1.43. The predicted octanol–water partition coefficient (Wildman–Crippen LogP) is 2.19. The van der Waals surface area contributed by atoms with Gasteiger partial charge in [0.15, 0.2) is 0 Å².